The average Bonchev–Trinajstić information content (AvgIpc) is 3.17. The van der Waals surface area contributed by atoms with E-state index in [9.17, 15) is 4.79 Å². The van der Waals surface area contributed by atoms with Gasteiger partial charge in [-0.1, -0.05) is 72.3 Å². The highest BCUT2D eigenvalue weighted by atomic mass is 16.5. The van der Waals surface area contributed by atoms with Crippen LogP contribution in [0.25, 0.3) is 16.7 Å². The molecule has 31 heavy (non-hydrogen) atoms. The van der Waals surface area contributed by atoms with Gasteiger partial charge in [0.2, 0.25) is 5.95 Å². The normalized spacial score (nSPS) is 15.5. The SMILES string of the molecule is CCOC(=O)C1=C(c2ccccc2)Nc2nc3ccccc3n2C1c1cccc(C)c1. The van der Waals surface area contributed by atoms with Gasteiger partial charge >= 0.3 is 5.97 Å². The third-order valence-corrected chi connectivity index (χ3v) is 5.55. The number of imidazole rings is 1. The fourth-order valence-corrected chi connectivity index (χ4v) is 4.25. The lowest BCUT2D eigenvalue weighted by Gasteiger charge is -2.31. The predicted molar refractivity (Wildman–Crippen MR) is 123 cm³/mol. The Morgan fingerprint density at radius 3 is 2.58 bits per heavy atom. The molecule has 0 aliphatic carbocycles. The summed E-state index contributed by atoms with van der Waals surface area (Å²) in [5.41, 5.74) is 6.21. The number of ether oxygens (including phenoxy) is 1. The van der Waals surface area contributed by atoms with Crippen LogP contribution in [0, 0.1) is 6.92 Å². The molecule has 0 spiro atoms. The van der Waals surface area contributed by atoms with Crippen LogP contribution in [0.5, 0.6) is 0 Å². The summed E-state index contributed by atoms with van der Waals surface area (Å²) < 4.78 is 7.65. The Balaban J connectivity index is 1.84. The number of para-hydroxylation sites is 2. The molecule has 1 atom stereocenters. The number of aryl methyl sites for hydroxylation is 1. The number of anilines is 1. The zero-order valence-electron chi connectivity index (χ0n) is 17.5. The molecule has 1 aliphatic heterocycles. The van der Waals surface area contributed by atoms with Crippen LogP contribution >= 0.6 is 0 Å². The van der Waals surface area contributed by atoms with E-state index in [2.05, 4.69) is 35.0 Å². The van der Waals surface area contributed by atoms with E-state index in [0.717, 1.165) is 33.4 Å². The quantitative estimate of drug-likeness (QED) is 0.463. The van der Waals surface area contributed by atoms with Gasteiger partial charge in [0.25, 0.3) is 0 Å². The summed E-state index contributed by atoms with van der Waals surface area (Å²) >= 11 is 0. The van der Waals surface area contributed by atoms with Crippen molar-refractivity contribution in [1.29, 1.82) is 0 Å². The van der Waals surface area contributed by atoms with Gasteiger partial charge in [-0.25, -0.2) is 9.78 Å². The number of aromatic nitrogens is 2. The van der Waals surface area contributed by atoms with E-state index in [0.29, 0.717) is 18.1 Å². The molecular formula is C26H23N3O2. The minimum Gasteiger partial charge on any atom is -0.463 e. The predicted octanol–water partition coefficient (Wildman–Crippen LogP) is 5.33. The van der Waals surface area contributed by atoms with Crippen molar-refractivity contribution in [2.45, 2.75) is 19.9 Å². The summed E-state index contributed by atoms with van der Waals surface area (Å²) in [6.07, 6.45) is 0. The molecule has 0 amide bonds. The van der Waals surface area contributed by atoms with Crippen molar-refractivity contribution in [3.05, 3.63) is 101 Å². The van der Waals surface area contributed by atoms with E-state index in [4.69, 9.17) is 9.72 Å². The number of hydrogen-bond acceptors (Lipinski definition) is 4. The molecule has 0 radical (unpaired) electrons. The van der Waals surface area contributed by atoms with E-state index < -0.39 is 0 Å². The Hall–Kier alpha value is -3.86. The minimum absolute atomic E-state index is 0.308. The number of benzene rings is 3. The van der Waals surface area contributed by atoms with Crippen molar-refractivity contribution in [2.24, 2.45) is 0 Å². The zero-order chi connectivity index (χ0) is 21.4. The summed E-state index contributed by atoms with van der Waals surface area (Å²) in [6.45, 7) is 4.20. The molecule has 0 fully saturated rings. The molecule has 5 nitrogen and oxygen atoms in total. The van der Waals surface area contributed by atoms with Crippen LogP contribution in [0.3, 0.4) is 0 Å². The molecule has 0 bridgehead atoms. The van der Waals surface area contributed by atoms with Gasteiger partial charge in [0.05, 0.1) is 35.0 Å². The summed E-state index contributed by atoms with van der Waals surface area (Å²) in [5.74, 6) is 0.378. The third-order valence-electron chi connectivity index (χ3n) is 5.55. The van der Waals surface area contributed by atoms with Gasteiger partial charge < -0.3 is 10.1 Å². The lowest BCUT2D eigenvalue weighted by molar-refractivity contribution is -0.138. The van der Waals surface area contributed by atoms with Gasteiger partial charge in [-0.15, -0.1) is 0 Å². The summed E-state index contributed by atoms with van der Waals surface area (Å²) in [6, 6.07) is 25.8. The lowest BCUT2D eigenvalue weighted by Crippen LogP contribution is -2.29. The molecule has 5 rings (SSSR count). The Kier molecular flexibility index (Phi) is 4.79. The van der Waals surface area contributed by atoms with Crippen molar-refractivity contribution >= 4 is 28.6 Å². The van der Waals surface area contributed by atoms with E-state index in [1.54, 1.807) is 0 Å². The maximum atomic E-state index is 13.4. The highest BCUT2D eigenvalue weighted by molar-refractivity contribution is 6.03. The molecule has 4 aromatic rings. The first-order chi connectivity index (χ1) is 15.2. The molecule has 1 N–H and O–H groups in total. The van der Waals surface area contributed by atoms with Crippen LogP contribution in [-0.4, -0.2) is 22.1 Å². The molecule has 0 saturated carbocycles. The van der Waals surface area contributed by atoms with Crippen LogP contribution < -0.4 is 5.32 Å². The van der Waals surface area contributed by atoms with Crippen molar-refractivity contribution in [1.82, 2.24) is 9.55 Å². The first-order valence-corrected chi connectivity index (χ1v) is 10.4. The molecule has 2 heterocycles. The number of carbonyl (C=O) groups excluding carboxylic acids is 1. The van der Waals surface area contributed by atoms with Crippen molar-refractivity contribution in [3.63, 3.8) is 0 Å². The fourth-order valence-electron chi connectivity index (χ4n) is 4.25. The number of nitrogens with zero attached hydrogens (tertiary/aromatic N) is 2. The fraction of sp³-hybridized carbons (Fsp3) is 0.154. The zero-order valence-corrected chi connectivity index (χ0v) is 17.5. The topological polar surface area (TPSA) is 56.1 Å². The van der Waals surface area contributed by atoms with E-state index in [1.165, 1.54) is 0 Å². The standard InChI is InChI=1S/C26H23N3O2/c1-3-31-25(30)22-23(18-11-5-4-6-12-18)28-26-27-20-14-7-8-15-21(20)29(26)24(22)19-13-9-10-17(2)16-19/h4-16,24H,3H2,1-2H3,(H,27,28). The minimum atomic E-state index is -0.363. The maximum Gasteiger partial charge on any atom is 0.338 e. The Labute approximate surface area is 181 Å². The maximum absolute atomic E-state index is 13.4. The number of rotatable bonds is 4. The Morgan fingerprint density at radius 1 is 1.03 bits per heavy atom. The number of fused-ring (bicyclic) bond motifs is 3. The summed E-state index contributed by atoms with van der Waals surface area (Å²) in [5, 5.41) is 3.44. The smallest absolute Gasteiger partial charge is 0.338 e. The van der Waals surface area contributed by atoms with E-state index in [-0.39, 0.29) is 12.0 Å². The highest BCUT2D eigenvalue weighted by Gasteiger charge is 2.36. The van der Waals surface area contributed by atoms with Gasteiger partial charge in [0.1, 0.15) is 0 Å². The number of esters is 1. The third kappa shape index (κ3) is 3.28. The Bertz CT molecular complexity index is 1300. The van der Waals surface area contributed by atoms with Crippen LogP contribution in [-0.2, 0) is 9.53 Å². The van der Waals surface area contributed by atoms with Crippen molar-refractivity contribution < 1.29 is 9.53 Å². The summed E-state index contributed by atoms with van der Waals surface area (Å²) in [7, 11) is 0. The van der Waals surface area contributed by atoms with E-state index >= 15 is 0 Å². The van der Waals surface area contributed by atoms with Crippen molar-refractivity contribution in [3.8, 4) is 0 Å². The highest BCUT2D eigenvalue weighted by Crippen LogP contribution is 2.42. The second-order valence-corrected chi connectivity index (χ2v) is 7.61. The Morgan fingerprint density at radius 2 is 1.81 bits per heavy atom. The monoisotopic (exact) mass is 409 g/mol. The number of nitrogens with one attached hydrogen (secondary N) is 1. The van der Waals surface area contributed by atoms with Crippen LogP contribution in [0.15, 0.2) is 84.4 Å². The molecule has 3 aromatic carbocycles. The molecule has 154 valence electrons. The van der Waals surface area contributed by atoms with E-state index in [1.807, 2.05) is 67.6 Å². The number of carbonyl (C=O) groups is 1. The first kappa shape index (κ1) is 19.1. The molecule has 1 aromatic heterocycles. The second kappa shape index (κ2) is 7.76. The number of hydrogen-bond donors (Lipinski definition) is 1. The largest absolute Gasteiger partial charge is 0.463 e. The van der Waals surface area contributed by atoms with Gasteiger partial charge in [-0.3, -0.25) is 4.57 Å². The van der Waals surface area contributed by atoms with Crippen molar-refractivity contribution in [2.75, 3.05) is 11.9 Å². The first-order valence-electron chi connectivity index (χ1n) is 10.4. The van der Waals surface area contributed by atoms with Crippen LogP contribution in [0.1, 0.15) is 29.7 Å². The lowest BCUT2D eigenvalue weighted by atomic mass is 9.91. The molecular weight excluding hydrogens is 386 g/mol. The molecule has 0 saturated heterocycles. The van der Waals surface area contributed by atoms with Gasteiger partial charge in [0.15, 0.2) is 0 Å². The molecule has 1 unspecified atom stereocenters. The average molecular weight is 409 g/mol. The molecule has 1 aliphatic rings. The van der Waals surface area contributed by atoms with Gasteiger partial charge in [-0.2, -0.15) is 0 Å². The summed E-state index contributed by atoms with van der Waals surface area (Å²) in [4.78, 5) is 18.2. The van der Waals surface area contributed by atoms with Crippen LogP contribution in [0.2, 0.25) is 0 Å². The van der Waals surface area contributed by atoms with Gasteiger partial charge in [0, 0.05) is 0 Å². The van der Waals surface area contributed by atoms with Gasteiger partial charge in [-0.05, 0) is 37.1 Å². The second-order valence-electron chi connectivity index (χ2n) is 7.61. The van der Waals surface area contributed by atoms with Crippen LogP contribution in [0.4, 0.5) is 5.95 Å². The molecule has 5 heteroatoms.